The lowest BCUT2D eigenvalue weighted by Gasteiger charge is -2.34. The second-order valence-corrected chi connectivity index (χ2v) is 5.84. The molecule has 112 valence electrons. The van der Waals surface area contributed by atoms with Crippen LogP contribution in [0, 0.1) is 11.7 Å². The number of hydrogen-bond acceptors (Lipinski definition) is 3. The highest BCUT2D eigenvalue weighted by molar-refractivity contribution is 5.45. The van der Waals surface area contributed by atoms with Gasteiger partial charge in [0.05, 0.1) is 6.61 Å². The van der Waals surface area contributed by atoms with E-state index in [1.54, 1.807) is 12.1 Å². The Labute approximate surface area is 120 Å². The molecule has 1 saturated carbocycles. The molecular weight excluding hydrogens is 255 g/mol. The van der Waals surface area contributed by atoms with E-state index in [9.17, 15) is 9.50 Å². The fourth-order valence-corrected chi connectivity index (χ4v) is 3.36. The Morgan fingerprint density at radius 2 is 2.10 bits per heavy atom. The van der Waals surface area contributed by atoms with Crippen molar-refractivity contribution in [2.24, 2.45) is 5.92 Å². The zero-order valence-electron chi connectivity index (χ0n) is 12.4. The summed E-state index contributed by atoms with van der Waals surface area (Å²) in [7, 11) is 3.97. The summed E-state index contributed by atoms with van der Waals surface area (Å²) in [5.41, 5.74) is 0.923. The van der Waals surface area contributed by atoms with Crippen molar-refractivity contribution in [3.05, 3.63) is 30.1 Å². The number of aliphatic hydroxyl groups is 1. The molecule has 2 unspecified atom stereocenters. The van der Waals surface area contributed by atoms with E-state index in [1.165, 1.54) is 25.0 Å². The molecule has 2 N–H and O–H groups in total. The van der Waals surface area contributed by atoms with Crippen molar-refractivity contribution in [2.75, 3.05) is 32.1 Å². The number of hydrogen-bond donors (Lipinski definition) is 2. The van der Waals surface area contributed by atoms with Crippen LogP contribution in [0.2, 0.25) is 0 Å². The average Bonchev–Trinajstić information content (AvgIpc) is 2.89. The van der Waals surface area contributed by atoms with E-state index < -0.39 is 0 Å². The lowest BCUT2D eigenvalue weighted by Crippen LogP contribution is -2.50. The first kappa shape index (κ1) is 15.3. The molecule has 1 aliphatic rings. The Morgan fingerprint density at radius 3 is 2.70 bits per heavy atom. The first-order chi connectivity index (χ1) is 9.61. The maximum Gasteiger partial charge on any atom is 0.123 e. The Bertz CT molecular complexity index is 417. The van der Waals surface area contributed by atoms with Gasteiger partial charge in [0.2, 0.25) is 0 Å². The number of benzene rings is 1. The molecule has 0 radical (unpaired) electrons. The van der Waals surface area contributed by atoms with Gasteiger partial charge in [0.15, 0.2) is 0 Å². The predicted molar refractivity (Wildman–Crippen MR) is 80.5 cm³/mol. The average molecular weight is 280 g/mol. The molecule has 0 aliphatic heterocycles. The highest BCUT2D eigenvalue weighted by Crippen LogP contribution is 2.37. The highest BCUT2D eigenvalue weighted by Gasteiger charge is 2.40. The maximum absolute atomic E-state index is 12.9. The van der Waals surface area contributed by atoms with E-state index >= 15 is 0 Å². The second-order valence-electron chi connectivity index (χ2n) is 5.84. The smallest absolute Gasteiger partial charge is 0.123 e. The molecule has 4 heteroatoms. The molecule has 0 spiro atoms. The molecule has 3 nitrogen and oxygen atoms in total. The normalized spacial score (nSPS) is 25.9. The van der Waals surface area contributed by atoms with Crippen molar-refractivity contribution in [3.63, 3.8) is 0 Å². The van der Waals surface area contributed by atoms with Crippen LogP contribution in [0.25, 0.3) is 0 Å². The van der Waals surface area contributed by atoms with Gasteiger partial charge in [-0.15, -0.1) is 0 Å². The second kappa shape index (κ2) is 6.55. The largest absolute Gasteiger partial charge is 0.394 e. The number of halogens is 1. The quantitative estimate of drug-likeness (QED) is 0.840. The van der Waals surface area contributed by atoms with E-state index in [0.717, 1.165) is 25.1 Å². The molecule has 1 aliphatic carbocycles. The molecule has 0 heterocycles. The zero-order chi connectivity index (χ0) is 14.6. The number of likely N-dealkylation sites (N-methyl/N-ethyl adjacent to an activating group) is 1. The summed E-state index contributed by atoms with van der Waals surface area (Å²) in [6.07, 6.45) is 4.42. The molecule has 0 aromatic heterocycles. The minimum absolute atomic E-state index is 0.108. The summed E-state index contributed by atoms with van der Waals surface area (Å²) < 4.78 is 12.9. The van der Waals surface area contributed by atoms with Gasteiger partial charge in [0.1, 0.15) is 5.82 Å². The minimum Gasteiger partial charge on any atom is -0.394 e. The third-order valence-corrected chi connectivity index (χ3v) is 4.82. The van der Waals surface area contributed by atoms with Gasteiger partial charge < -0.3 is 15.3 Å². The van der Waals surface area contributed by atoms with Crippen LogP contribution in [0.5, 0.6) is 0 Å². The van der Waals surface area contributed by atoms with Crippen molar-refractivity contribution >= 4 is 5.69 Å². The van der Waals surface area contributed by atoms with E-state index in [2.05, 4.69) is 10.2 Å². The van der Waals surface area contributed by atoms with E-state index in [4.69, 9.17) is 0 Å². The minimum atomic E-state index is -0.201. The summed E-state index contributed by atoms with van der Waals surface area (Å²) in [5.74, 6) is 0.299. The fraction of sp³-hybridized carbons (Fsp3) is 0.625. The third kappa shape index (κ3) is 3.13. The Morgan fingerprint density at radius 1 is 1.40 bits per heavy atom. The van der Waals surface area contributed by atoms with Crippen molar-refractivity contribution in [3.8, 4) is 0 Å². The Balaban J connectivity index is 1.93. The predicted octanol–water partition coefficient (Wildman–Crippen LogP) is 2.40. The van der Waals surface area contributed by atoms with Gasteiger partial charge in [0.25, 0.3) is 0 Å². The van der Waals surface area contributed by atoms with Gasteiger partial charge in [-0.25, -0.2) is 4.39 Å². The van der Waals surface area contributed by atoms with Crippen molar-refractivity contribution in [2.45, 2.75) is 31.2 Å². The van der Waals surface area contributed by atoms with Gasteiger partial charge >= 0.3 is 0 Å². The van der Waals surface area contributed by atoms with Gasteiger partial charge in [-0.1, -0.05) is 6.42 Å². The van der Waals surface area contributed by atoms with Crippen LogP contribution in [0.3, 0.4) is 0 Å². The summed E-state index contributed by atoms with van der Waals surface area (Å²) in [4.78, 5) is 2.15. The number of rotatable bonds is 6. The standard InChI is InChI=1S/C16H25FN2O/c1-18-16(12-20)10-3-4-13(16)9-11-19(2)15-7-5-14(17)6-8-15/h5-8,13,18,20H,3-4,9-12H2,1-2H3. The topological polar surface area (TPSA) is 35.5 Å². The van der Waals surface area contributed by atoms with Gasteiger partial charge in [-0.3, -0.25) is 0 Å². The number of nitrogens with one attached hydrogen (secondary N) is 1. The lowest BCUT2D eigenvalue weighted by atomic mass is 9.85. The molecule has 0 bridgehead atoms. The fourth-order valence-electron chi connectivity index (χ4n) is 3.36. The maximum atomic E-state index is 12.9. The van der Waals surface area contributed by atoms with E-state index in [-0.39, 0.29) is 18.0 Å². The van der Waals surface area contributed by atoms with Gasteiger partial charge in [-0.05, 0) is 56.5 Å². The van der Waals surface area contributed by atoms with Crippen LogP contribution in [0.4, 0.5) is 10.1 Å². The monoisotopic (exact) mass is 280 g/mol. The molecule has 0 saturated heterocycles. The molecule has 2 rings (SSSR count). The summed E-state index contributed by atoms with van der Waals surface area (Å²) in [6, 6.07) is 6.60. The van der Waals surface area contributed by atoms with Crippen molar-refractivity contribution in [1.29, 1.82) is 0 Å². The van der Waals surface area contributed by atoms with Crippen LogP contribution in [-0.2, 0) is 0 Å². The molecule has 0 amide bonds. The molecule has 1 aromatic rings. The molecule has 1 fully saturated rings. The van der Waals surface area contributed by atoms with Crippen molar-refractivity contribution < 1.29 is 9.50 Å². The molecular formula is C16H25FN2O. The first-order valence-corrected chi connectivity index (χ1v) is 7.38. The highest BCUT2D eigenvalue weighted by atomic mass is 19.1. The molecule has 1 aromatic carbocycles. The first-order valence-electron chi connectivity index (χ1n) is 7.38. The van der Waals surface area contributed by atoms with Gasteiger partial charge in [0, 0.05) is 24.8 Å². The van der Waals surface area contributed by atoms with E-state index in [0.29, 0.717) is 5.92 Å². The van der Waals surface area contributed by atoms with Crippen LogP contribution in [-0.4, -0.2) is 37.9 Å². The van der Waals surface area contributed by atoms with Crippen LogP contribution < -0.4 is 10.2 Å². The Kier molecular flexibility index (Phi) is 5.00. The molecule has 2 atom stereocenters. The summed E-state index contributed by atoms with van der Waals surface area (Å²) in [6.45, 7) is 1.12. The van der Waals surface area contributed by atoms with Crippen molar-refractivity contribution in [1.82, 2.24) is 5.32 Å². The number of nitrogens with zero attached hydrogens (tertiary/aromatic N) is 1. The molecule has 20 heavy (non-hydrogen) atoms. The number of anilines is 1. The zero-order valence-corrected chi connectivity index (χ0v) is 12.4. The van der Waals surface area contributed by atoms with Gasteiger partial charge in [-0.2, -0.15) is 0 Å². The van der Waals surface area contributed by atoms with Crippen LogP contribution >= 0.6 is 0 Å². The number of aliphatic hydroxyl groups excluding tert-OH is 1. The van der Waals surface area contributed by atoms with Crippen LogP contribution in [0.15, 0.2) is 24.3 Å². The Hall–Kier alpha value is -1.13. The van der Waals surface area contributed by atoms with E-state index in [1.807, 2.05) is 14.1 Å². The summed E-state index contributed by atoms with van der Waals surface area (Å²) >= 11 is 0. The lowest BCUT2D eigenvalue weighted by molar-refractivity contribution is 0.128. The van der Waals surface area contributed by atoms with Crippen LogP contribution in [0.1, 0.15) is 25.7 Å². The SMILES string of the molecule is CNC1(CO)CCCC1CCN(C)c1ccc(F)cc1. The summed E-state index contributed by atoms with van der Waals surface area (Å²) in [5, 5.41) is 13.0. The third-order valence-electron chi connectivity index (χ3n) is 4.82.